The summed E-state index contributed by atoms with van der Waals surface area (Å²) in [6, 6.07) is 10.2. The van der Waals surface area contributed by atoms with Crippen LogP contribution in [0.25, 0.3) is 11.1 Å². The van der Waals surface area contributed by atoms with Crippen molar-refractivity contribution in [3.8, 4) is 11.1 Å². The van der Waals surface area contributed by atoms with Crippen LogP contribution in [0.4, 0.5) is 0 Å². The SMILES string of the molecule is COCc1cc(S(=O)(=O)NC(C)C)c(Cl)cc1-c1ccc(Cl)cc1. The van der Waals surface area contributed by atoms with E-state index < -0.39 is 10.0 Å². The molecule has 0 aliphatic heterocycles. The molecule has 0 heterocycles. The van der Waals surface area contributed by atoms with Crippen molar-refractivity contribution in [3.05, 3.63) is 52.0 Å². The zero-order valence-corrected chi connectivity index (χ0v) is 16.0. The third-order valence-corrected chi connectivity index (χ3v) is 5.67. The third kappa shape index (κ3) is 4.49. The second-order valence-corrected chi connectivity index (χ2v) is 8.18. The van der Waals surface area contributed by atoms with E-state index in [0.717, 1.165) is 16.7 Å². The van der Waals surface area contributed by atoms with E-state index in [9.17, 15) is 8.42 Å². The number of benzene rings is 2. The van der Waals surface area contributed by atoms with Gasteiger partial charge >= 0.3 is 0 Å². The average Bonchev–Trinajstić information content (AvgIpc) is 2.48. The minimum atomic E-state index is -3.70. The number of nitrogens with one attached hydrogen (secondary N) is 1. The number of rotatable bonds is 6. The molecule has 0 amide bonds. The molecule has 0 unspecified atom stereocenters. The summed E-state index contributed by atoms with van der Waals surface area (Å²) < 4.78 is 32.7. The predicted octanol–water partition coefficient (Wildman–Crippen LogP) is 4.49. The molecule has 2 aromatic carbocycles. The van der Waals surface area contributed by atoms with Crippen molar-refractivity contribution in [2.75, 3.05) is 7.11 Å². The van der Waals surface area contributed by atoms with Crippen LogP contribution < -0.4 is 4.72 Å². The minimum Gasteiger partial charge on any atom is -0.380 e. The zero-order chi connectivity index (χ0) is 17.9. The fraction of sp³-hybridized carbons (Fsp3) is 0.294. The first kappa shape index (κ1) is 19.2. The Balaban J connectivity index is 2.59. The smallest absolute Gasteiger partial charge is 0.242 e. The first-order chi connectivity index (χ1) is 11.2. The molecular formula is C17H19Cl2NO3S. The molecule has 2 aromatic rings. The normalized spacial score (nSPS) is 11.9. The maximum absolute atomic E-state index is 12.5. The molecule has 130 valence electrons. The van der Waals surface area contributed by atoms with Gasteiger partial charge in [0.15, 0.2) is 0 Å². The summed E-state index contributed by atoms with van der Waals surface area (Å²) in [4.78, 5) is 0.0441. The van der Waals surface area contributed by atoms with Crippen LogP contribution in [0.3, 0.4) is 0 Å². The summed E-state index contributed by atoms with van der Waals surface area (Å²) in [5.41, 5.74) is 2.42. The Morgan fingerprint density at radius 3 is 2.29 bits per heavy atom. The second-order valence-electron chi connectivity index (χ2n) is 5.66. The first-order valence-electron chi connectivity index (χ1n) is 7.34. The predicted molar refractivity (Wildman–Crippen MR) is 98.1 cm³/mol. The van der Waals surface area contributed by atoms with Crippen LogP contribution in [0.2, 0.25) is 10.0 Å². The van der Waals surface area contributed by atoms with Gasteiger partial charge in [-0.3, -0.25) is 0 Å². The minimum absolute atomic E-state index is 0.0441. The van der Waals surface area contributed by atoms with Gasteiger partial charge in [0, 0.05) is 18.2 Å². The molecule has 0 atom stereocenters. The Morgan fingerprint density at radius 1 is 1.12 bits per heavy atom. The molecule has 7 heteroatoms. The van der Waals surface area contributed by atoms with Crippen LogP contribution in [-0.2, 0) is 21.4 Å². The summed E-state index contributed by atoms with van der Waals surface area (Å²) in [6.07, 6.45) is 0. The summed E-state index contributed by atoms with van der Waals surface area (Å²) in [5.74, 6) is 0. The lowest BCUT2D eigenvalue weighted by Gasteiger charge is -2.16. The number of methoxy groups -OCH3 is 1. The van der Waals surface area contributed by atoms with Gasteiger partial charge in [-0.2, -0.15) is 0 Å². The third-order valence-electron chi connectivity index (χ3n) is 3.29. The van der Waals surface area contributed by atoms with Crippen molar-refractivity contribution in [1.82, 2.24) is 4.72 Å². The van der Waals surface area contributed by atoms with Crippen molar-refractivity contribution in [1.29, 1.82) is 0 Å². The number of sulfonamides is 1. The Hall–Kier alpha value is -1.11. The van der Waals surface area contributed by atoms with E-state index in [1.807, 2.05) is 12.1 Å². The van der Waals surface area contributed by atoms with Gasteiger partial charge in [0.25, 0.3) is 0 Å². The molecule has 24 heavy (non-hydrogen) atoms. The maximum Gasteiger partial charge on any atom is 0.242 e. The van der Waals surface area contributed by atoms with Crippen molar-refractivity contribution in [3.63, 3.8) is 0 Å². The monoisotopic (exact) mass is 387 g/mol. The van der Waals surface area contributed by atoms with E-state index in [0.29, 0.717) is 5.02 Å². The molecule has 0 aromatic heterocycles. The molecule has 0 radical (unpaired) electrons. The zero-order valence-electron chi connectivity index (χ0n) is 13.6. The lowest BCUT2D eigenvalue weighted by molar-refractivity contribution is 0.185. The van der Waals surface area contributed by atoms with E-state index in [1.54, 1.807) is 45.2 Å². The molecule has 4 nitrogen and oxygen atoms in total. The Bertz CT molecular complexity index is 818. The molecule has 0 spiro atoms. The lowest BCUT2D eigenvalue weighted by atomic mass is 10.00. The van der Waals surface area contributed by atoms with E-state index in [-0.39, 0.29) is 22.6 Å². The van der Waals surface area contributed by atoms with Crippen LogP contribution >= 0.6 is 23.2 Å². The van der Waals surface area contributed by atoms with Gasteiger partial charge < -0.3 is 4.74 Å². The van der Waals surface area contributed by atoms with Gasteiger partial charge in [-0.25, -0.2) is 13.1 Å². The molecule has 0 bridgehead atoms. The fourth-order valence-corrected chi connectivity index (χ4v) is 4.30. The van der Waals surface area contributed by atoms with E-state index in [1.165, 1.54) is 0 Å². The van der Waals surface area contributed by atoms with E-state index in [2.05, 4.69) is 4.72 Å². The summed E-state index contributed by atoms with van der Waals surface area (Å²) in [7, 11) is -2.14. The molecule has 2 rings (SSSR count). The van der Waals surface area contributed by atoms with Crippen molar-refractivity contribution in [2.45, 2.75) is 31.4 Å². The fourth-order valence-electron chi connectivity index (χ4n) is 2.35. The van der Waals surface area contributed by atoms with Crippen LogP contribution in [0, 0.1) is 0 Å². The summed E-state index contributed by atoms with van der Waals surface area (Å²) >= 11 is 12.2. The highest BCUT2D eigenvalue weighted by atomic mass is 35.5. The lowest BCUT2D eigenvalue weighted by Crippen LogP contribution is -2.30. The molecule has 1 N–H and O–H groups in total. The highest BCUT2D eigenvalue weighted by Crippen LogP contribution is 2.33. The second kappa shape index (κ2) is 7.85. The van der Waals surface area contributed by atoms with Gasteiger partial charge in [0.05, 0.1) is 11.6 Å². The van der Waals surface area contributed by atoms with Crippen molar-refractivity contribution in [2.24, 2.45) is 0 Å². The number of ether oxygens (including phenoxy) is 1. The van der Waals surface area contributed by atoms with Crippen molar-refractivity contribution >= 4 is 33.2 Å². The van der Waals surface area contributed by atoms with Gasteiger partial charge in [0.2, 0.25) is 10.0 Å². The van der Waals surface area contributed by atoms with Gasteiger partial charge in [-0.15, -0.1) is 0 Å². The number of hydrogen-bond acceptors (Lipinski definition) is 3. The van der Waals surface area contributed by atoms with Gasteiger partial charge in [-0.05, 0) is 54.8 Å². The Morgan fingerprint density at radius 2 is 1.75 bits per heavy atom. The largest absolute Gasteiger partial charge is 0.380 e. The van der Waals surface area contributed by atoms with Crippen LogP contribution in [0.15, 0.2) is 41.3 Å². The average molecular weight is 388 g/mol. The van der Waals surface area contributed by atoms with Crippen molar-refractivity contribution < 1.29 is 13.2 Å². The highest BCUT2D eigenvalue weighted by Gasteiger charge is 2.21. The quantitative estimate of drug-likeness (QED) is 0.793. The molecule has 0 aliphatic carbocycles. The van der Waals surface area contributed by atoms with Crippen LogP contribution in [0.5, 0.6) is 0 Å². The van der Waals surface area contributed by atoms with E-state index >= 15 is 0 Å². The summed E-state index contributed by atoms with van der Waals surface area (Å²) in [6.45, 7) is 3.77. The summed E-state index contributed by atoms with van der Waals surface area (Å²) in [5, 5.41) is 0.784. The van der Waals surface area contributed by atoms with Gasteiger partial charge in [-0.1, -0.05) is 35.3 Å². The topological polar surface area (TPSA) is 55.4 Å². The molecule has 0 saturated carbocycles. The molecular weight excluding hydrogens is 369 g/mol. The number of halogens is 2. The molecule has 0 aliphatic rings. The number of hydrogen-bond donors (Lipinski definition) is 1. The Kier molecular flexibility index (Phi) is 6.28. The highest BCUT2D eigenvalue weighted by molar-refractivity contribution is 7.89. The maximum atomic E-state index is 12.5. The standard InChI is InChI=1S/C17H19Cl2NO3S/c1-11(2)20-24(21,22)17-8-13(10-23-3)15(9-16(17)19)12-4-6-14(18)7-5-12/h4-9,11,20H,10H2,1-3H3. The first-order valence-corrected chi connectivity index (χ1v) is 9.58. The Labute approximate surface area is 152 Å². The van der Waals surface area contributed by atoms with Crippen LogP contribution in [0.1, 0.15) is 19.4 Å². The van der Waals surface area contributed by atoms with Crippen LogP contribution in [-0.4, -0.2) is 21.6 Å². The molecule has 0 fully saturated rings. The van der Waals surface area contributed by atoms with E-state index in [4.69, 9.17) is 27.9 Å². The van der Waals surface area contributed by atoms with Gasteiger partial charge in [0.1, 0.15) is 4.90 Å². The molecule has 0 saturated heterocycles.